The Kier molecular flexibility index (Phi) is 5.12. The summed E-state index contributed by atoms with van der Waals surface area (Å²) in [5.41, 5.74) is 3.91. The van der Waals surface area contributed by atoms with Gasteiger partial charge >= 0.3 is 0 Å². The first-order valence-corrected chi connectivity index (χ1v) is 7.68. The molecule has 0 amide bonds. The van der Waals surface area contributed by atoms with Crippen LogP contribution in [-0.2, 0) is 0 Å². The Balaban J connectivity index is 1.93. The molecule has 0 saturated heterocycles. The fourth-order valence-electron chi connectivity index (χ4n) is 3.03. The molecule has 2 rings (SSSR count). The predicted molar refractivity (Wildman–Crippen MR) is 85.2 cm³/mol. The molecule has 1 N–H and O–H groups in total. The first-order chi connectivity index (χ1) is 9.16. The first kappa shape index (κ1) is 14.2. The second kappa shape index (κ2) is 6.83. The number of hydrogen-bond acceptors (Lipinski definition) is 2. The number of nitrogens with one attached hydrogen (secondary N) is 1. The van der Waals surface area contributed by atoms with Gasteiger partial charge in [0.15, 0.2) is 0 Å². The molecule has 2 heteroatoms. The van der Waals surface area contributed by atoms with Crippen molar-refractivity contribution in [3.63, 3.8) is 0 Å². The molecule has 1 aliphatic rings. The molecule has 2 nitrogen and oxygen atoms in total. The van der Waals surface area contributed by atoms with E-state index in [1.807, 2.05) is 0 Å². The van der Waals surface area contributed by atoms with Crippen molar-refractivity contribution in [3.8, 4) is 0 Å². The highest BCUT2D eigenvalue weighted by Gasteiger charge is 2.12. The van der Waals surface area contributed by atoms with Gasteiger partial charge in [0.2, 0.25) is 0 Å². The smallest absolute Gasteiger partial charge is 0.0411 e. The fraction of sp³-hybridized carbons (Fsp3) is 0.647. The van der Waals surface area contributed by atoms with Crippen LogP contribution in [0.3, 0.4) is 0 Å². The quantitative estimate of drug-likeness (QED) is 0.805. The van der Waals surface area contributed by atoms with Crippen LogP contribution < -0.4 is 10.2 Å². The van der Waals surface area contributed by atoms with Crippen LogP contribution in [0.15, 0.2) is 18.2 Å². The molecule has 0 aromatic heterocycles. The number of aryl methyl sites for hydroxylation is 1. The van der Waals surface area contributed by atoms with E-state index in [0.717, 1.165) is 12.5 Å². The summed E-state index contributed by atoms with van der Waals surface area (Å²) >= 11 is 0. The molecule has 0 aliphatic heterocycles. The monoisotopic (exact) mass is 260 g/mol. The lowest BCUT2D eigenvalue weighted by Gasteiger charge is -2.19. The molecular formula is C17H28N2. The molecule has 1 aliphatic carbocycles. The maximum absolute atomic E-state index is 3.64. The van der Waals surface area contributed by atoms with Crippen LogP contribution in [0.5, 0.6) is 0 Å². The van der Waals surface area contributed by atoms with E-state index in [1.54, 1.807) is 0 Å². The molecule has 106 valence electrons. The van der Waals surface area contributed by atoms with E-state index >= 15 is 0 Å². The van der Waals surface area contributed by atoms with Gasteiger partial charge < -0.3 is 10.2 Å². The number of nitrogens with zero attached hydrogens (tertiary/aromatic N) is 1. The molecule has 0 radical (unpaired) electrons. The van der Waals surface area contributed by atoms with Gasteiger partial charge in [-0.25, -0.2) is 0 Å². The van der Waals surface area contributed by atoms with E-state index in [1.165, 1.54) is 55.5 Å². The third-order valence-corrected chi connectivity index (χ3v) is 4.26. The summed E-state index contributed by atoms with van der Waals surface area (Å²) in [5, 5.41) is 3.64. The van der Waals surface area contributed by atoms with Gasteiger partial charge in [-0.2, -0.15) is 0 Å². The van der Waals surface area contributed by atoms with E-state index in [0.29, 0.717) is 0 Å². The van der Waals surface area contributed by atoms with Gasteiger partial charge in [0, 0.05) is 32.0 Å². The first-order valence-electron chi connectivity index (χ1n) is 7.68. The van der Waals surface area contributed by atoms with E-state index in [-0.39, 0.29) is 0 Å². The van der Waals surface area contributed by atoms with Gasteiger partial charge in [0.1, 0.15) is 0 Å². The third-order valence-electron chi connectivity index (χ3n) is 4.26. The Bertz CT molecular complexity index is 390. The summed E-state index contributed by atoms with van der Waals surface area (Å²) in [4.78, 5) is 2.19. The predicted octanol–water partition coefficient (Wildman–Crippen LogP) is 4.44. The van der Waals surface area contributed by atoms with Crippen molar-refractivity contribution in [2.75, 3.05) is 30.9 Å². The van der Waals surface area contributed by atoms with Crippen molar-refractivity contribution >= 4 is 11.4 Å². The van der Waals surface area contributed by atoms with Crippen LogP contribution in [-0.4, -0.2) is 20.6 Å². The summed E-state index contributed by atoms with van der Waals surface area (Å²) in [6.07, 6.45) is 8.52. The highest BCUT2D eigenvalue weighted by Crippen LogP contribution is 2.25. The van der Waals surface area contributed by atoms with Crippen LogP contribution >= 0.6 is 0 Å². The molecule has 1 saturated carbocycles. The zero-order chi connectivity index (χ0) is 13.7. The second-order valence-corrected chi connectivity index (χ2v) is 6.13. The zero-order valence-electron chi connectivity index (χ0n) is 12.7. The number of benzene rings is 1. The lowest BCUT2D eigenvalue weighted by Crippen LogP contribution is -2.15. The molecule has 1 aromatic rings. The third kappa shape index (κ3) is 4.15. The van der Waals surface area contributed by atoms with E-state index in [9.17, 15) is 0 Å². The summed E-state index contributed by atoms with van der Waals surface area (Å²) in [6.45, 7) is 3.31. The Hall–Kier alpha value is -1.18. The second-order valence-electron chi connectivity index (χ2n) is 6.13. The van der Waals surface area contributed by atoms with Crippen molar-refractivity contribution in [1.29, 1.82) is 0 Å². The summed E-state index contributed by atoms with van der Waals surface area (Å²) in [5.74, 6) is 0.867. The normalized spacial score (nSPS) is 17.0. The Morgan fingerprint density at radius 1 is 1.11 bits per heavy atom. The van der Waals surface area contributed by atoms with Crippen molar-refractivity contribution in [2.24, 2.45) is 5.92 Å². The highest BCUT2D eigenvalue weighted by atomic mass is 15.1. The summed E-state index contributed by atoms with van der Waals surface area (Å²) < 4.78 is 0. The summed E-state index contributed by atoms with van der Waals surface area (Å²) in [6, 6.07) is 6.69. The van der Waals surface area contributed by atoms with Crippen LogP contribution in [0.25, 0.3) is 0 Å². The topological polar surface area (TPSA) is 15.3 Å². The maximum atomic E-state index is 3.64. The van der Waals surface area contributed by atoms with Crippen molar-refractivity contribution in [2.45, 2.75) is 45.4 Å². The van der Waals surface area contributed by atoms with Gasteiger partial charge in [-0.3, -0.25) is 0 Å². The largest absolute Gasteiger partial charge is 0.385 e. The van der Waals surface area contributed by atoms with E-state index in [2.05, 4.69) is 49.4 Å². The summed E-state index contributed by atoms with van der Waals surface area (Å²) in [7, 11) is 4.22. The van der Waals surface area contributed by atoms with E-state index < -0.39 is 0 Å². The average Bonchev–Trinajstić information content (AvgIpc) is 2.66. The van der Waals surface area contributed by atoms with Crippen molar-refractivity contribution < 1.29 is 0 Å². The van der Waals surface area contributed by atoms with Gasteiger partial charge in [-0.15, -0.1) is 0 Å². The van der Waals surface area contributed by atoms with Gasteiger partial charge in [0.05, 0.1) is 0 Å². The maximum Gasteiger partial charge on any atom is 0.0411 e. The SMILES string of the molecule is Cc1ccc(NCC2CCCCCC2)cc1N(C)C. The average molecular weight is 260 g/mol. The van der Waals surface area contributed by atoms with Crippen molar-refractivity contribution in [1.82, 2.24) is 0 Å². The lowest BCUT2D eigenvalue weighted by molar-refractivity contribution is 0.483. The Morgan fingerprint density at radius 3 is 2.42 bits per heavy atom. The Morgan fingerprint density at radius 2 is 1.79 bits per heavy atom. The molecule has 19 heavy (non-hydrogen) atoms. The minimum Gasteiger partial charge on any atom is -0.385 e. The minimum atomic E-state index is 0.867. The molecule has 0 heterocycles. The van der Waals surface area contributed by atoms with Crippen LogP contribution in [0.2, 0.25) is 0 Å². The van der Waals surface area contributed by atoms with Crippen LogP contribution in [0.4, 0.5) is 11.4 Å². The van der Waals surface area contributed by atoms with Gasteiger partial charge in [0.25, 0.3) is 0 Å². The fourth-order valence-corrected chi connectivity index (χ4v) is 3.03. The number of anilines is 2. The standard InChI is InChI=1S/C17H28N2/c1-14-10-11-16(12-17(14)19(2)3)18-13-15-8-6-4-5-7-9-15/h10-12,15,18H,4-9,13H2,1-3H3. The Labute approximate surface area is 118 Å². The molecule has 0 bridgehead atoms. The van der Waals surface area contributed by atoms with Crippen molar-refractivity contribution in [3.05, 3.63) is 23.8 Å². The lowest BCUT2D eigenvalue weighted by atomic mass is 10.0. The number of hydrogen-bond donors (Lipinski definition) is 1. The highest BCUT2D eigenvalue weighted by molar-refractivity contribution is 5.61. The minimum absolute atomic E-state index is 0.867. The molecule has 0 unspecified atom stereocenters. The molecule has 0 spiro atoms. The van der Waals surface area contributed by atoms with Crippen LogP contribution in [0, 0.1) is 12.8 Å². The van der Waals surface area contributed by atoms with Gasteiger partial charge in [-0.05, 0) is 43.4 Å². The zero-order valence-corrected chi connectivity index (χ0v) is 12.7. The van der Waals surface area contributed by atoms with Crippen LogP contribution in [0.1, 0.15) is 44.1 Å². The van der Waals surface area contributed by atoms with Gasteiger partial charge in [-0.1, -0.05) is 31.7 Å². The molecule has 0 atom stereocenters. The molecule has 1 fully saturated rings. The molecule has 1 aromatic carbocycles. The van der Waals surface area contributed by atoms with E-state index in [4.69, 9.17) is 0 Å². The molecular weight excluding hydrogens is 232 g/mol. The number of rotatable bonds is 4.